The van der Waals surface area contributed by atoms with E-state index in [2.05, 4.69) is 20.3 Å². The van der Waals surface area contributed by atoms with Crippen molar-refractivity contribution in [3.63, 3.8) is 0 Å². The van der Waals surface area contributed by atoms with Crippen molar-refractivity contribution in [2.24, 2.45) is 0 Å². The summed E-state index contributed by atoms with van der Waals surface area (Å²) in [5, 5.41) is 3.09. The van der Waals surface area contributed by atoms with E-state index in [4.69, 9.17) is 10.5 Å². The summed E-state index contributed by atoms with van der Waals surface area (Å²) in [6, 6.07) is 4.61. The van der Waals surface area contributed by atoms with Gasteiger partial charge >= 0.3 is 0 Å². The predicted octanol–water partition coefficient (Wildman–Crippen LogP) is 2.00. The van der Waals surface area contributed by atoms with Crippen molar-refractivity contribution in [3.8, 4) is 5.75 Å². The van der Waals surface area contributed by atoms with E-state index < -0.39 is 15.5 Å². The van der Waals surface area contributed by atoms with Crippen LogP contribution in [0, 0.1) is 0 Å². The minimum atomic E-state index is -3.44. The van der Waals surface area contributed by atoms with Crippen LogP contribution in [0.5, 0.6) is 5.75 Å². The van der Waals surface area contributed by atoms with Gasteiger partial charge in [-0.2, -0.15) is 15.0 Å². The normalized spacial score (nSPS) is 17.3. The second-order valence-corrected chi connectivity index (χ2v) is 8.58. The summed E-state index contributed by atoms with van der Waals surface area (Å²) < 4.78 is 43.7. The Hall–Kier alpha value is -2.49. The summed E-state index contributed by atoms with van der Waals surface area (Å²) in [6.45, 7) is 2.97. The molecule has 10 heteroatoms. The zero-order chi connectivity index (χ0) is 19.1. The largest absolute Gasteiger partial charge is 0.492 e. The van der Waals surface area contributed by atoms with E-state index in [1.54, 1.807) is 12.1 Å². The molecule has 0 amide bonds. The first-order valence-electron chi connectivity index (χ1n) is 7.99. The lowest BCUT2D eigenvalue weighted by atomic mass is 10.0. The number of hydrogen-bond acceptors (Lipinski definition) is 8. The van der Waals surface area contributed by atoms with Gasteiger partial charge < -0.3 is 15.8 Å². The number of rotatable bonds is 4. The molecule has 140 valence electrons. The Kier molecular flexibility index (Phi) is 4.47. The molecule has 1 aromatic carbocycles. The van der Waals surface area contributed by atoms with E-state index in [9.17, 15) is 12.8 Å². The van der Waals surface area contributed by atoms with E-state index in [0.717, 1.165) is 6.26 Å². The van der Waals surface area contributed by atoms with Crippen molar-refractivity contribution in [2.75, 3.05) is 23.9 Å². The van der Waals surface area contributed by atoms with Gasteiger partial charge in [0.25, 0.3) is 0 Å². The third-order valence-electron chi connectivity index (χ3n) is 3.92. The topological polar surface area (TPSA) is 120 Å². The summed E-state index contributed by atoms with van der Waals surface area (Å²) in [4.78, 5) is 12.1. The second kappa shape index (κ2) is 6.35. The molecule has 0 radical (unpaired) electrons. The molecule has 2 heterocycles. The number of nitrogen functional groups attached to an aromatic ring is 1. The monoisotopic (exact) mass is 381 g/mol. The van der Waals surface area contributed by atoms with Crippen LogP contribution in [0.2, 0.25) is 0 Å². The number of fused-ring (bicyclic) bond motifs is 1. The van der Waals surface area contributed by atoms with E-state index in [0.29, 0.717) is 24.3 Å². The first-order valence-corrected chi connectivity index (χ1v) is 9.88. The van der Waals surface area contributed by atoms with Crippen molar-refractivity contribution in [2.45, 2.75) is 36.9 Å². The molecule has 0 saturated heterocycles. The summed E-state index contributed by atoms with van der Waals surface area (Å²) >= 11 is 0. The highest BCUT2D eigenvalue weighted by Gasteiger charge is 2.29. The molecule has 0 fully saturated rings. The molecule has 0 bridgehead atoms. The number of hydrogen-bond donors (Lipinski definition) is 2. The Morgan fingerprint density at radius 3 is 2.69 bits per heavy atom. The lowest BCUT2D eigenvalue weighted by molar-refractivity contribution is 0.206. The van der Waals surface area contributed by atoms with Crippen LogP contribution < -0.4 is 15.8 Å². The van der Waals surface area contributed by atoms with E-state index >= 15 is 0 Å². The molecule has 0 saturated carbocycles. The molecule has 2 aromatic rings. The second-order valence-electron chi connectivity index (χ2n) is 6.59. The van der Waals surface area contributed by atoms with Crippen LogP contribution in [0.1, 0.15) is 37.7 Å². The number of sulfone groups is 1. The van der Waals surface area contributed by atoms with Gasteiger partial charge in [0.15, 0.2) is 21.3 Å². The van der Waals surface area contributed by atoms with Crippen molar-refractivity contribution in [1.82, 2.24) is 15.0 Å². The molecule has 0 aliphatic carbocycles. The molecule has 1 unspecified atom stereocenters. The fourth-order valence-electron chi connectivity index (χ4n) is 2.72. The number of alkyl halides is 1. The summed E-state index contributed by atoms with van der Waals surface area (Å²) in [5.41, 5.74) is 4.56. The summed E-state index contributed by atoms with van der Waals surface area (Å²) in [5.74, 6) is 0.262. The number of aromatic nitrogens is 3. The van der Waals surface area contributed by atoms with Gasteiger partial charge in [0.1, 0.15) is 10.6 Å². The number of nitrogens with one attached hydrogen (secondary N) is 1. The number of halogens is 1. The molecule has 1 atom stereocenters. The molecule has 3 N–H and O–H groups in total. The zero-order valence-corrected chi connectivity index (χ0v) is 15.5. The summed E-state index contributed by atoms with van der Waals surface area (Å²) in [6.07, 6.45) is 1.69. The lowest BCUT2D eigenvalue weighted by Gasteiger charge is -2.28. The molecule has 3 rings (SSSR count). The van der Waals surface area contributed by atoms with Crippen LogP contribution in [0.4, 0.5) is 16.3 Å². The number of benzene rings is 1. The number of anilines is 2. The smallest absolute Gasteiger partial charge is 0.228 e. The maximum atomic E-state index is 14.2. The highest BCUT2D eigenvalue weighted by molar-refractivity contribution is 7.90. The third-order valence-corrected chi connectivity index (χ3v) is 5.05. The third kappa shape index (κ3) is 3.69. The Morgan fingerprint density at radius 2 is 2.04 bits per heavy atom. The molecule has 8 nitrogen and oxygen atoms in total. The maximum absolute atomic E-state index is 14.2. The number of ether oxygens (including phenoxy) is 1. The van der Waals surface area contributed by atoms with E-state index in [1.807, 2.05) is 0 Å². The minimum absolute atomic E-state index is 0.0790. The fraction of sp³-hybridized carbons (Fsp3) is 0.438. The zero-order valence-electron chi connectivity index (χ0n) is 14.7. The highest BCUT2D eigenvalue weighted by atomic mass is 32.2. The fourth-order valence-corrected chi connectivity index (χ4v) is 3.56. The Balaban J connectivity index is 1.99. The maximum Gasteiger partial charge on any atom is 0.228 e. The van der Waals surface area contributed by atoms with Crippen LogP contribution in [0.3, 0.4) is 0 Å². The molecular formula is C16H20FN5O3S. The lowest BCUT2D eigenvalue weighted by Crippen LogP contribution is -2.24. The van der Waals surface area contributed by atoms with Crippen molar-refractivity contribution >= 4 is 21.7 Å². The van der Waals surface area contributed by atoms with Gasteiger partial charge in [-0.1, -0.05) is 12.1 Å². The van der Waals surface area contributed by atoms with Crippen molar-refractivity contribution in [1.29, 1.82) is 0 Å². The van der Waals surface area contributed by atoms with Gasteiger partial charge in [-0.05, 0) is 19.9 Å². The number of nitrogens with zero attached hydrogens (tertiary/aromatic N) is 3. The van der Waals surface area contributed by atoms with Gasteiger partial charge in [-0.25, -0.2) is 12.8 Å². The van der Waals surface area contributed by atoms with Crippen LogP contribution in [-0.4, -0.2) is 36.2 Å². The average molecular weight is 381 g/mol. The Morgan fingerprint density at radius 1 is 1.31 bits per heavy atom. The average Bonchev–Trinajstić information content (AvgIpc) is 2.52. The Labute approximate surface area is 150 Å². The van der Waals surface area contributed by atoms with Crippen molar-refractivity contribution < 1.29 is 17.5 Å². The van der Waals surface area contributed by atoms with E-state index in [1.165, 1.54) is 19.9 Å². The molecule has 1 aromatic heterocycles. The minimum Gasteiger partial charge on any atom is -0.492 e. The molecule has 1 aliphatic heterocycles. The molecule has 0 spiro atoms. The van der Waals surface area contributed by atoms with Gasteiger partial charge in [0, 0.05) is 18.2 Å². The van der Waals surface area contributed by atoms with Crippen molar-refractivity contribution in [3.05, 3.63) is 29.6 Å². The van der Waals surface area contributed by atoms with Crippen LogP contribution in [-0.2, 0) is 15.5 Å². The summed E-state index contributed by atoms with van der Waals surface area (Å²) in [7, 11) is -3.44. The highest BCUT2D eigenvalue weighted by Crippen LogP contribution is 2.38. The number of nitrogens with two attached hydrogens (primary N) is 1. The molecule has 1 aliphatic rings. The molecular weight excluding hydrogens is 361 g/mol. The van der Waals surface area contributed by atoms with E-state index in [-0.39, 0.29) is 28.7 Å². The predicted molar refractivity (Wildman–Crippen MR) is 94.4 cm³/mol. The van der Waals surface area contributed by atoms with Crippen LogP contribution in [0.25, 0.3) is 0 Å². The van der Waals surface area contributed by atoms with Gasteiger partial charge in [0.2, 0.25) is 11.9 Å². The number of para-hydroxylation sites is 1. The van der Waals surface area contributed by atoms with Gasteiger partial charge in [0.05, 0.1) is 12.6 Å². The standard InChI is InChI=1S/C16H20FN5O3S/c1-16(2,17)13-20-14(18)22-15(21-13)19-10-7-8-25-12-9(10)5-4-6-11(12)26(3,23)24/h4-6,10H,7-8H2,1-3H3,(H3,18,19,20,21,22). The SMILES string of the molecule is CC(C)(F)c1nc(N)nc(NC2CCOc3c2cccc3S(C)(=O)=O)n1. The quantitative estimate of drug-likeness (QED) is 0.825. The van der Waals surface area contributed by atoms with Crippen LogP contribution in [0.15, 0.2) is 23.1 Å². The van der Waals surface area contributed by atoms with Gasteiger partial charge in [-0.15, -0.1) is 0 Å². The first kappa shape index (κ1) is 18.3. The molecule has 26 heavy (non-hydrogen) atoms. The van der Waals surface area contributed by atoms with Crippen LogP contribution >= 0.6 is 0 Å². The first-order chi connectivity index (χ1) is 12.1. The van der Waals surface area contributed by atoms with Gasteiger partial charge in [-0.3, -0.25) is 0 Å². The Bertz CT molecular complexity index is 943.